The van der Waals surface area contributed by atoms with Crippen molar-refractivity contribution in [1.82, 2.24) is 0 Å². The van der Waals surface area contributed by atoms with Crippen molar-refractivity contribution in [2.75, 3.05) is 37.0 Å². The van der Waals surface area contributed by atoms with Gasteiger partial charge in [-0.3, -0.25) is 0 Å². The monoisotopic (exact) mass is 248 g/mol. The van der Waals surface area contributed by atoms with Crippen molar-refractivity contribution in [3.63, 3.8) is 0 Å². The predicted molar refractivity (Wildman–Crippen MR) is 77.5 cm³/mol. The number of anilines is 2. The second kappa shape index (κ2) is 6.64. The number of nitrogens with zero attached hydrogens (tertiary/aromatic N) is 1. The van der Waals surface area contributed by atoms with Crippen LogP contribution in [0.2, 0.25) is 0 Å². The lowest BCUT2D eigenvalue weighted by Gasteiger charge is -2.19. The molecular formula is C15H24N2O. The van der Waals surface area contributed by atoms with Gasteiger partial charge in [-0.25, -0.2) is 0 Å². The molecule has 1 aromatic rings. The Labute approximate surface area is 110 Å². The van der Waals surface area contributed by atoms with Crippen LogP contribution in [-0.4, -0.2) is 32.8 Å². The molecular weight excluding hydrogens is 224 g/mol. The van der Waals surface area contributed by atoms with Crippen molar-refractivity contribution in [1.29, 1.82) is 0 Å². The summed E-state index contributed by atoms with van der Waals surface area (Å²) in [5, 5.41) is 3.50. The maximum Gasteiger partial charge on any atom is 0.0481 e. The SMILES string of the molecule is COCCC(C)Nc1ccc(N2CCCC2)cc1. The first kappa shape index (κ1) is 13.2. The van der Waals surface area contributed by atoms with Crippen LogP contribution < -0.4 is 10.2 Å². The zero-order valence-corrected chi connectivity index (χ0v) is 11.5. The highest BCUT2D eigenvalue weighted by Gasteiger charge is 2.11. The molecule has 1 saturated heterocycles. The molecule has 1 aromatic carbocycles. The second-order valence-electron chi connectivity index (χ2n) is 5.07. The number of hydrogen-bond acceptors (Lipinski definition) is 3. The number of hydrogen-bond donors (Lipinski definition) is 1. The lowest BCUT2D eigenvalue weighted by Crippen LogP contribution is -2.18. The molecule has 18 heavy (non-hydrogen) atoms. The van der Waals surface area contributed by atoms with Crippen LogP contribution in [0, 0.1) is 0 Å². The van der Waals surface area contributed by atoms with Crippen LogP contribution in [0.5, 0.6) is 0 Å². The van der Waals surface area contributed by atoms with Crippen LogP contribution in [0.3, 0.4) is 0 Å². The lowest BCUT2D eigenvalue weighted by molar-refractivity contribution is 0.191. The fourth-order valence-corrected chi connectivity index (χ4v) is 2.40. The average molecular weight is 248 g/mol. The highest BCUT2D eigenvalue weighted by molar-refractivity contribution is 5.55. The summed E-state index contributed by atoms with van der Waals surface area (Å²) in [5.41, 5.74) is 2.55. The Hall–Kier alpha value is -1.22. The molecule has 0 saturated carbocycles. The molecule has 0 aliphatic carbocycles. The summed E-state index contributed by atoms with van der Waals surface area (Å²) in [6, 6.07) is 9.24. The van der Waals surface area contributed by atoms with Gasteiger partial charge in [-0.2, -0.15) is 0 Å². The second-order valence-corrected chi connectivity index (χ2v) is 5.07. The number of methoxy groups -OCH3 is 1. The summed E-state index contributed by atoms with van der Waals surface area (Å²) in [5.74, 6) is 0. The summed E-state index contributed by atoms with van der Waals surface area (Å²) >= 11 is 0. The Kier molecular flexibility index (Phi) is 4.88. The van der Waals surface area contributed by atoms with Gasteiger partial charge >= 0.3 is 0 Å². The summed E-state index contributed by atoms with van der Waals surface area (Å²) in [6.45, 7) is 5.40. The fourth-order valence-electron chi connectivity index (χ4n) is 2.40. The van der Waals surface area contributed by atoms with Crippen LogP contribution in [0.15, 0.2) is 24.3 Å². The molecule has 2 rings (SSSR count). The summed E-state index contributed by atoms with van der Waals surface area (Å²) in [4.78, 5) is 2.46. The third kappa shape index (κ3) is 3.64. The fraction of sp³-hybridized carbons (Fsp3) is 0.600. The van der Waals surface area contributed by atoms with Gasteiger partial charge < -0.3 is 15.0 Å². The van der Waals surface area contributed by atoms with Crippen molar-refractivity contribution >= 4 is 11.4 Å². The van der Waals surface area contributed by atoms with E-state index in [2.05, 4.69) is 41.4 Å². The van der Waals surface area contributed by atoms with Gasteiger partial charge in [0.25, 0.3) is 0 Å². The van der Waals surface area contributed by atoms with E-state index in [0.717, 1.165) is 13.0 Å². The van der Waals surface area contributed by atoms with E-state index in [4.69, 9.17) is 4.74 Å². The summed E-state index contributed by atoms with van der Waals surface area (Å²) < 4.78 is 5.09. The number of ether oxygens (including phenoxy) is 1. The number of nitrogens with one attached hydrogen (secondary N) is 1. The highest BCUT2D eigenvalue weighted by Crippen LogP contribution is 2.22. The Balaban J connectivity index is 1.86. The van der Waals surface area contributed by atoms with Crippen LogP contribution in [0.25, 0.3) is 0 Å². The Morgan fingerprint density at radius 2 is 1.89 bits per heavy atom. The predicted octanol–water partition coefficient (Wildman–Crippen LogP) is 3.12. The van der Waals surface area contributed by atoms with Gasteiger partial charge in [-0.05, 0) is 50.5 Å². The van der Waals surface area contributed by atoms with Crippen LogP contribution in [0.1, 0.15) is 26.2 Å². The van der Waals surface area contributed by atoms with Crippen molar-refractivity contribution in [2.24, 2.45) is 0 Å². The van der Waals surface area contributed by atoms with Crippen LogP contribution >= 0.6 is 0 Å². The first-order valence-electron chi connectivity index (χ1n) is 6.90. The topological polar surface area (TPSA) is 24.5 Å². The molecule has 0 bridgehead atoms. The molecule has 0 spiro atoms. The molecule has 1 aliphatic rings. The Morgan fingerprint density at radius 1 is 1.22 bits per heavy atom. The average Bonchev–Trinajstić information content (AvgIpc) is 2.91. The van der Waals surface area contributed by atoms with Crippen LogP contribution in [-0.2, 0) is 4.74 Å². The quantitative estimate of drug-likeness (QED) is 0.837. The van der Waals surface area contributed by atoms with Gasteiger partial charge in [0, 0.05) is 44.2 Å². The summed E-state index contributed by atoms with van der Waals surface area (Å²) in [6.07, 6.45) is 3.69. The maximum atomic E-state index is 5.09. The number of rotatable bonds is 6. The van der Waals surface area contributed by atoms with Gasteiger partial charge in [0.1, 0.15) is 0 Å². The molecule has 1 heterocycles. The van der Waals surface area contributed by atoms with E-state index in [1.807, 2.05) is 0 Å². The highest BCUT2D eigenvalue weighted by atomic mass is 16.5. The molecule has 1 fully saturated rings. The van der Waals surface area contributed by atoms with Crippen molar-refractivity contribution in [3.05, 3.63) is 24.3 Å². The minimum atomic E-state index is 0.447. The molecule has 3 heteroatoms. The molecule has 1 atom stereocenters. The van der Waals surface area contributed by atoms with E-state index in [9.17, 15) is 0 Å². The zero-order chi connectivity index (χ0) is 12.8. The van der Waals surface area contributed by atoms with Crippen molar-refractivity contribution < 1.29 is 4.74 Å². The Morgan fingerprint density at radius 3 is 2.50 bits per heavy atom. The third-order valence-electron chi connectivity index (χ3n) is 3.51. The maximum absolute atomic E-state index is 5.09. The minimum absolute atomic E-state index is 0.447. The molecule has 3 nitrogen and oxygen atoms in total. The van der Waals surface area contributed by atoms with Crippen molar-refractivity contribution in [2.45, 2.75) is 32.2 Å². The molecule has 0 amide bonds. The zero-order valence-electron chi connectivity index (χ0n) is 11.5. The van der Waals surface area contributed by atoms with E-state index in [1.165, 1.54) is 37.3 Å². The molecule has 1 N–H and O–H groups in total. The third-order valence-corrected chi connectivity index (χ3v) is 3.51. The smallest absolute Gasteiger partial charge is 0.0481 e. The van der Waals surface area contributed by atoms with Gasteiger partial charge in [0.15, 0.2) is 0 Å². The molecule has 1 aliphatic heterocycles. The van der Waals surface area contributed by atoms with Gasteiger partial charge in [-0.15, -0.1) is 0 Å². The first-order valence-corrected chi connectivity index (χ1v) is 6.90. The summed E-state index contributed by atoms with van der Waals surface area (Å²) in [7, 11) is 1.75. The molecule has 1 unspecified atom stereocenters. The standard InChI is InChI=1S/C15H24N2O/c1-13(9-12-18-2)16-14-5-7-15(8-6-14)17-10-3-4-11-17/h5-8,13,16H,3-4,9-12H2,1-2H3. The van der Waals surface area contributed by atoms with Gasteiger partial charge in [0.05, 0.1) is 0 Å². The van der Waals surface area contributed by atoms with Crippen LogP contribution in [0.4, 0.5) is 11.4 Å². The largest absolute Gasteiger partial charge is 0.385 e. The molecule has 100 valence electrons. The first-order chi connectivity index (χ1) is 8.79. The number of benzene rings is 1. The minimum Gasteiger partial charge on any atom is -0.385 e. The van der Waals surface area contributed by atoms with E-state index in [-0.39, 0.29) is 0 Å². The Bertz CT molecular complexity index is 344. The molecule has 0 aromatic heterocycles. The van der Waals surface area contributed by atoms with E-state index < -0.39 is 0 Å². The normalized spacial score (nSPS) is 16.9. The lowest BCUT2D eigenvalue weighted by atomic mass is 10.2. The van der Waals surface area contributed by atoms with Crippen molar-refractivity contribution in [3.8, 4) is 0 Å². The van der Waals surface area contributed by atoms with Gasteiger partial charge in [0.2, 0.25) is 0 Å². The van der Waals surface area contributed by atoms with E-state index in [0.29, 0.717) is 6.04 Å². The van der Waals surface area contributed by atoms with Gasteiger partial charge in [-0.1, -0.05) is 0 Å². The van der Waals surface area contributed by atoms with E-state index in [1.54, 1.807) is 7.11 Å². The molecule has 0 radical (unpaired) electrons. The van der Waals surface area contributed by atoms with E-state index >= 15 is 0 Å².